The highest BCUT2D eigenvalue weighted by molar-refractivity contribution is 9.10. The number of nitrogens with zero attached hydrogens (tertiary/aromatic N) is 2. The lowest BCUT2D eigenvalue weighted by Crippen LogP contribution is -2.40. The van der Waals surface area contributed by atoms with Gasteiger partial charge in [0.1, 0.15) is 0 Å². The van der Waals surface area contributed by atoms with Gasteiger partial charge in [-0.15, -0.1) is 11.3 Å². The van der Waals surface area contributed by atoms with Gasteiger partial charge in [0.05, 0.1) is 0 Å². The number of thiazole rings is 1. The van der Waals surface area contributed by atoms with Gasteiger partial charge >= 0.3 is 5.97 Å². The number of nitrogens with one attached hydrogen (secondary N) is 1. The summed E-state index contributed by atoms with van der Waals surface area (Å²) in [5, 5.41) is 15.6. The number of hydrogen-bond acceptors (Lipinski definition) is 7. The smallest absolute Gasteiger partial charge is 0.358 e. The van der Waals surface area contributed by atoms with Gasteiger partial charge in [-0.2, -0.15) is 0 Å². The van der Waals surface area contributed by atoms with Crippen molar-refractivity contribution in [3.8, 4) is 0 Å². The first-order valence-corrected chi connectivity index (χ1v) is 9.12. The SMILES string of the molecule is CC(=O)Nc1nc(C(=O)O[C@H](c2ccc(Br)cc2)C(C)(C)[N+](=O)[O-])cs1. The van der Waals surface area contributed by atoms with E-state index in [1.807, 2.05) is 0 Å². The number of nitro groups is 1. The molecule has 0 spiro atoms. The second kappa shape index (κ2) is 7.92. The Kier molecular flexibility index (Phi) is 6.09. The van der Waals surface area contributed by atoms with Gasteiger partial charge in [0.2, 0.25) is 5.91 Å². The number of carbonyl (C=O) groups is 2. The Bertz CT molecular complexity index is 835. The molecule has 0 fully saturated rings. The molecule has 1 aromatic heterocycles. The molecular formula is C16H16BrN3O5S. The molecule has 0 saturated heterocycles. The van der Waals surface area contributed by atoms with Gasteiger partial charge in [-0.05, 0) is 17.7 Å². The molecule has 1 aromatic carbocycles. The van der Waals surface area contributed by atoms with Gasteiger partial charge < -0.3 is 10.1 Å². The zero-order valence-corrected chi connectivity index (χ0v) is 16.6. The number of carbonyl (C=O) groups excluding carboxylic acids is 2. The van der Waals surface area contributed by atoms with Crippen molar-refractivity contribution in [1.82, 2.24) is 4.98 Å². The third kappa shape index (κ3) is 4.64. The lowest BCUT2D eigenvalue weighted by atomic mass is 9.92. The van der Waals surface area contributed by atoms with E-state index in [1.54, 1.807) is 24.3 Å². The number of anilines is 1. The van der Waals surface area contributed by atoms with E-state index in [4.69, 9.17) is 4.74 Å². The van der Waals surface area contributed by atoms with Crippen molar-refractivity contribution in [3.05, 3.63) is 55.5 Å². The number of aromatic nitrogens is 1. The van der Waals surface area contributed by atoms with E-state index in [-0.39, 0.29) is 16.7 Å². The van der Waals surface area contributed by atoms with Crippen LogP contribution in [0.25, 0.3) is 0 Å². The van der Waals surface area contributed by atoms with Crippen LogP contribution in [0.15, 0.2) is 34.1 Å². The van der Waals surface area contributed by atoms with Crippen LogP contribution in [0.1, 0.15) is 42.9 Å². The fourth-order valence-electron chi connectivity index (χ4n) is 2.10. The van der Waals surface area contributed by atoms with Crippen molar-refractivity contribution in [2.75, 3.05) is 5.32 Å². The lowest BCUT2D eigenvalue weighted by Gasteiger charge is -2.26. The molecule has 2 rings (SSSR count). The number of halogens is 1. The van der Waals surface area contributed by atoms with E-state index in [0.29, 0.717) is 5.56 Å². The molecule has 1 atom stereocenters. The summed E-state index contributed by atoms with van der Waals surface area (Å²) in [6, 6.07) is 6.72. The van der Waals surface area contributed by atoms with E-state index in [9.17, 15) is 19.7 Å². The molecular weight excluding hydrogens is 426 g/mol. The summed E-state index contributed by atoms with van der Waals surface area (Å²) in [5.41, 5.74) is -1.10. The summed E-state index contributed by atoms with van der Waals surface area (Å²) in [4.78, 5) is 38.5. The number of benzene rings is 1. The molecule has 0 aliphatic rings. The monoisotopic (exact) mass is 441 g/mol. The molecule has 0 aliphatic heterocycles. The van der Waals surface area contributed by atoms with Crippen molar-refractivity contribution < 1.29 is 19.2 Å². The lowest BCUT2D eigenvalue weighted by molar-refractivity contribution is -0.574. The number of ether oxygens (including phenoxy) is 1. The highest BCUT2D eigenvalue weighted by Crippen LogP contribution is 2.33. The number of hydrogen-bond donors (Lipinski definition) is 1. The Balaban J connectivity index is 2.30. The standard InChI is InChI=1S/C16H16BrN3O5S/c1-9(21)18-15-19-12(8-26-15)14(22)25-13(16(2,3)20(23)24)10-4-6-11(17)7-5-10/h4-8,13H,1-3H3,(H,18,19,21)/t13-/m1/s1. The molecule has 0 radical (unpaired) electrons. The summed E-state index contributed by atoms with van der Waals surface area (Å²) in [5.74, 6) is -1.12. The number of esters is 1. The molecule has 1 amide bonds. The van der Waals surface area contributed by atoms with Gasteiger partial charge in [-0.1, -0.05) is 28.1 Å². The Morgan fingerprint density at radius 3 is 2.50 bits per heavy atom. The minimum absolute atomic E-state index is 0.0278. The third-order valence-electron chi connectivity index (χ3n) is 3.51. The first-order valence-electron chi connectivity index (χ1n) is 7.45. The van der Waals surface area contributed by atoms with Crippen LogP contribution in [0, 0.1) is 10.1 Å². The Morgan fingerprint density at radius 2 is 1.96 bits per heavy atom. The van der Waals surface area contributed by atoms with Crippen LogP contribution in [0.3, 0.4) is 0 Å². The fourth-order valence-corrected chi connectivity index (χ4v) is 3.09. The van der Waals surface area contributed by atoms with E-state index < -0.39 is 22.5 Å². The first kappa shape index (κ1) is 20.0. The molecule has 1 N–H and O–H groups in total. The second-order valence-corrected chi connectivity index (χ2v) is 7.74. The van der Waals surface area contributed by atoms with Crippen LogP contribution >= 0.6 is 27.3 Å². The molecule has 10 heteroatoms. The zero-order valence-electron chi connectivity index (χ0n) is 14.2. The molecule has 8 nitrogen and oxygen atoms in total. The van der Waals surface area contributed by atoms with Crippen LogP contribution < -0.4 is 5.32 Å². The zero-order chi connectivity index (χ0) is 19.5. The van der Waals surface area contributed by atoms with E-state index in [1.165, 1.54) is 26.2 Å². The Morgan fingerprint density at radius 1 is 1.35 bits per heavy atom. The summed E-state index contributed by atoms with van der Waals surface area (Å²) in [6.45, 7) is 4.09. The van der Waals surface area contributed by atoms with Crippen molar-refractivity contribution in [3.63, 3.8) is 0 Å². The maximum Gasteiger partial charge on any atom is 0.358 e. The molecule has 0 saturated carbocycles. The van der Waals surface area contributed by atoms with Crippen LogP contribution in [-0.4, -0.2) is 27.3 Å². The fraction of sp³-hybridized carbons (Fsp3) is 0.312. The second-order valence-electron chi connectivity index (χ2n) is 5.97. The van der Waals surface area contributed by atoms with Crippen molar-refractivity contribution in [2.45, 2.75) is 32.4 Å². The van der Waals surface area contributed by atoms with Crippen molar-refractivity contribution in [1.29, 1.82) is 0 Å². The van der Waals surface area contributed by atoms with Gasteiger partial charge in [0.15, 0.2) is 16.9 Å². The summed E-state index contributed by atoms with van der Waals surface area (Å²) < 4.78 is 6.24. The van der Waals surface area contributed by atoms with E-state index >= 15 is 0 Å². The van der Waals surface area contributed by atoms with Crippen molar-refractivity contribution >= 4 is 44.3 Å². The van der Waals surface area contributed by atoms with Crippen LogP contribution in [0.2, 0.25) is 0 Å². The maximum atomic E-state index is 12.4. The molecule has 26 heavy (non-hydrogen) atoms. The van der Waals surface area contributed by atoms with Crippen LogP contribution in [0.4, 0.5) is 5.13 Å². The van der Waals surface area contributed by atoms with Crippen molar-refractivity contribution in [2.24, 2.45) is 0 Å². The maximum absolute atomic E-state index is 12.4. The molecule has 2 aromatic rings. The molecule has 0 aliphatic carbocycles. The molecule has 1 heterocycles. The van der Waals surface area contributed by atoms with Gasteiger partial charge in [-0.25, -0.2) is 9.78 Å². The van der Waals surface area contributed by atoms with Gasteiger partial charge in [0.25, 0.3) is 5.54 Å². The Hall–Kier alpha value is -2.33. The third-order valence-corrected chi connectivity index (χ3v) is 4.79. The number of rotatable bonds is 6. The van der Waals surface area contributed by atoms with Gasteiger partial charge in [0, 0.05) is 35.5 Å². The Labute approximate surface area is 161 Å². The highest BCUT2D eigenvalue weighted by Gasteiger charge is 2.45. The minimum Gasteiger partial charge on any atom is -0.445 e. The van der Waals surface area contributed by atoms with Gasteiger partial charge in [-0.3, -0.25) is 14.9 Å². The predicted molar refractivity (Wildman–Crippen MR) is 99.8 cm³/mol. The van der Waals surface area contributed by atoms with E-state index in [2.05, 4.69) is 26.2 Å². The number of amides is 1. The molecule has 138 valence electrons. The van der Waals surface area contributed by atoms with Crippen LogP contribution in [-0.2, 0) is 9.53 Å². The van der Waals surface area contributed by atoms with E-state index in [0.717, 1.165) is 15.8 Å². The summed E-state index contributed by atoms with van der Waals surface area (Å²) in [7, 11) is 0. The summed E-state index contributed by atoms with van der Waals surface area (Å²) in [6.07, 6.45) is -1.12. The average Bonchev–Trinajstić information content (AvgIpc) is 3.01. The predicted octanol–water partition coefficient (Wildman–Crippen LogP) is 3.82. The minimum atomic E-state index is -1.56. The van der Waals surface area contributed by atoms with Crippen LogP contribution in [0.5, 0.6) is 0 Å². The quantitative estimate of drug-likeness (QED) is 0.414. The molecule has 0 unspecified atom stereocenters. The topological polar surface area (TPSA) is 111 Å². The first-order chi connectivity index (χ1) is 12.1. The normalized spacial score (nSPS) is 12.3. The highest BCUT2D eigenvalue weighted by atomic mass is 79.9. The molecule has 0 bridgehead atoms. The summed E-state index contributed by atoms with van der Waals surface area (Å²) >= 11 is 4.36. The average molecular weight is 442 g/mol. The largest absolute Gasteiger partial charge is 0.445 e.